The van der Waals surface area contributed by atoms with Gasteiger partial charge in [0.15, 0.2) is 0 Å². The van der Waals surface area contributed by atoms with E-state index >= 15 is 0 Å². The number of hydrogen-bond acceptors (Lipinski definition) is 2. The molecule has 3 heteroatoms. The van der Waals surface area contributed by atoms with Gasteiger partial charge in [-0.1, -0.05) is 20.8 Å². The number of aryl methyl sites for hydroxylation is 1. The van der Waals surface area contributed by atoms with Crippen LogP contribution in [0.2, 0.25) is 0 Å². The van der Waals surface area contributed by atoms with E-state index in [1.165, 1.54) is 4.88 Å². The molecule has 0 aromatic carbocycles. The fraction of sp³-hybridized carbons (Fsp3) is 0.636. The molecule has 1 aromatic rings. The molecule has 1 rings (SSSR count). The van der Waals surface area contributed by atoms with E-state index in [0.717, 1.165) is 15.8 Å². The molecule has 1 N–H and O–H groups in total. The van der Waals surface area contributed by atoms with Gasteiger partial charge in [0.05, 0.1) is 6.10 Å². The summed E-state index contributed by atoms with van der Waals surface area (Å²) < 4.78 is 1.04. The summed E-state index contributed by atoms with van der Waals surface area (Å²) in [7, 11) is 0. The number of aliphatic hydroxyl groups excluding tert-OH is 1. The lowest BCUT2D eigenvalue weighted by molar-refractivity contribution is 0.125. The lowest BCUT2D eigenvalue weighted by atomic mass is 9.89. The van der Waals surface area contributed by atoms with Gasteiger partial charge >= 0.3 is 0 Å². The van der Waals surface area contributed by atoms with Gasteiger partial charge in [0, 0.05) is 14.2 Å². The molecule has 0 spiro atoms. The third kappa shape index (κ3) is 3.37. The predicted molar refractivity (Wildman–Crippen MR) is 65.8 cm³/mol. The van der Waals surface area contributed by atoms with E-state index in [0.29, 0.717) is 0 Å². The highest BCUT2D eigenvalue weighted by Gasteiger charge is 2.21. The van der Waals surface area contributed by atoms with Gasteiger partial charge in [0.1, 0.15) is 0 Å². The monoisotopic (exact) mass is 276 g/mol. The fourth-order valence-corrected chi connectivity index (χ4v) is 3.30. The van der Waals surface area contributed by atoms with Gasteiger partial charge in [-0.3, -0.25) is 0 Å². The lowest BCUT2D eigenvalue weighted by Gasteiger charge is -2.21. The second-order valence-electron chi connectivity index (χ2n) is 4.85. The number of halogens is 1. The molecule has 1 aromatic heterocycles. The Morgan fingerprint density at radius 3 is 2.43 bits per heavy atom. The van der Waals surface area contributed by atoms with E-state index in [4.69, 9.17) is 0 Å². The first-order valence-electron chi connectivity index (χ1n) is 4.73. The number of hydrogen-bond donors (Lipinski definition) is 1. The Labute approximate surface area is 98.3 Å². The van der Waals surface area contributed by atoms with Gasteiger partial charge in [-0.15, -0.1) is 11.3 Å². The topological polar surface area (TPSA) is 20.2 Å². The van der Waals surface area contributed by atoms with Gasteiger partial charge in [0.2, 0.25) is 0 Å². The fourth-order valence-electron chi connectivity index (χ4n) is 1.40. The molecule has 1 atom stereocenters. The molecule has 1 heterocycles. The first-order valence-corrected chi connectivity index (χ1v) is 6.34. The van der Waals surface area contributed by atoms with Crippen molar-refractivity contribution in [2.24, 2.45) is 5.41 Å². The van der Waals surface area contributed by atoms with Crippen molar-refractivity contribution in [1.82, 2.24) is 0 Å². The van der Waals surface area contributed by atoms with Gasteiger partial charge < -0.3 is 5.11 Å². The number of rotatable bonds is 2. The Morgan fingerprint density at radius 1 is 1.50 bits per heavy atom. The lowest BCUT2D eigenvalue weighted by Crippen LogP contribution is -2.10. The van der Waals surface area contributed by atoms with Crippen molar-refractivity contribution in [1.29, 1.82) is 0 Å². The van der Waals surface area contributed by atoms with E-state index in [1.807, 2.05) is 0 Å². The van der Waals surface area contributed by atoms with Crippen LogP contribution in [-0.4, -0.2) is 5.11 Å². The molecule has 0 saturated carbocycles. The average Bonchev–Trinajstić information content (AvgIpc) is 2.26. The molecule has 0 aliphatic heterocycles. The summed E-state index contributed by atoms with van der Waals surface area (Å²) in [6.45, 7) is 8.49. The minimum absolute atomic E-state index is 0.163. The van der Waals surface area contributed by atoms with Crippen LogP contribution in [0.5, 0.6) is 0 Å². The highest BCUT2D eigenvalue weighted by Crippen LogP contribution is 2.37. The van der Waals surface area contributed by atoms with Crippen molar-refractivity contribution in [3.05, 3.63) is 20.3 Å². The van der Waals surface area contributed by atoms with Crippen LogP contribution in [0, 0.1) is 12.3 Å². The normalized spacial score (nSPS) is 14.4. The molecule has 0 bridgehead atoms. The first kappa shape index (κ1) is 12.2. The van der Waals surface area contributed by atoms with Crippen molar-refractivity contribution in [2.75, 3.05) is 0 Å². The minimum atomic E-state index is -0.344. The molecule has 1 nitrogen and oxygen atoms in total. The zero-order valence-corrected chi connectivity index (χ0v) is 11.5. The van der Waals surface area contributed by atoms with Gasteiger partial charge in [-0.25, -0.2) is 0 Å². The molecule has 0 amide bonds. The molecule has 80 valence electrons. The van der Waals surface area contributed by atoms with Crippen LogP contribution >= 0.6 is 27.3 Å². The van der Waals surface area contributed by atoms with Crippen molar-refractivity contribution in [3.8, 4) is 0 Å². The van der Waals surface area contributed by atoms with Gasteiger partial charge in [0.25, 0.3) is 0 Å². The Bertz CT molecular complexity index is 312. The SMILES string of the molecule is Cc1cc(Br)c(C(O)CC(C)(C)C)s1. The predicted octanol–water partition coefficient (Wildman–Crippen LogP) is 4.29. The van der Waals surface area contributed by atoms with E-state index in [9.17, 15) is 5.11 Å². The van der Waals surface area contributed by atoms with E-state index in [-0.39, 0.29) is 11.5 Å². The number of thiophene rings is 1. The van der Waals surface area contributed by atoms with Crippen LogP contribution < -0.4 is 0 Å². The maximum atomic E-state index is 10.0. The van der Waals surface area contributed by atoms with Crippen molar-refractivity contribution >= 4 is 27.3 Å². The zero-order valence-electron chi connectivity index (χ0n) is 9.10. The first-order chi connectivity index (χ1) is 6.29. The summed E-state index contributed by atoms with van der Waals surface area (Å²) in [5.41, 5.74) is 0.163. The third-order valence-electron chi connectivity index (χ3n) is 1.94. The summed E-state index contributed by atoms with van der Waals surface area (Å²) in [5.74, 6) is 0. The molecule has 0 aliphatic rings. The summed E-state index contributed by atoms with van der Waals surface area (Å²) in [5, 5.41) is 10.0. The molecule has 0 fully saturated rings. The molecule has 0 radical (unpaired) electrons. The molecule has 14 heavy (non-hydrogen) atoms. The summed E-state index contributed by atoms with van der Waals surface area (Å²) >= 11 is 5.14. The smallest absolute Gasteiger partial charge is 0.0898 e. The summed E-state index contributed by atoms with van der Waals surface area (Å²) in [4.78, 5) is 2.29. The molecule has 1 unspecified atom stereocenters. The third-order valence-corrected chi connectivity index (χ3v) is 4.01. The van der Waals surface area contributed by atoms with Crippen LogP contribution in [0.4, 0.5) is 0 Å². The molecular weight excluding hydrogens is 260 g/mol. The van der Waals surface area contributed by atoms with Gasteiger partial charge in [-0.05, 0) is 40.8 Å². The van der Waals surface area contributed by atoms with Crippen LogP contribution in [0.25, 0.3) is 0 Å². The highest BCUT2D eigenvalue weighted by molar-refractivity contribution is 9.10. The van der Waals surface area contributed by atoms with Crippen LogP contribution in [0.3, 0.4) is 0 Å². The van der Waals surface area contributed by atoms with Crippen molar-refractivity contribution in [2.45, 2.75) is 40.2 Å². The Morgan fingerprint density at radius 2 is 2.07 bits per heavy atom. The van der Waals surface area contributed by atoms with Crippen molar-refractivity contribution < 1.29 is 5.11 Å². The van der Waals surface area contributed by atoms with Crippen LogP contribution in [0.15, 0.2) is 10.5 Å². The van der Waals surface area contributed by atoms with E-state index in [1.54, 1.807) is 11.3 Å². The van der Waals surface area contributed by atoms with E-state index < -0.39 is 0 Å². The maximum absolute atomic E-state index is 10.0. The summed E-state index contributed by atoms with van der Waals surface area (Å²) in [6, 6.07) is 2.06. The Hall–Kier alpha value is 0.140. The van der Waals surface area contributed by atoms with E-state index in [2.05, 4.69) is 49.7 Å². The van der Waals surface area contributed by atoms with Crippen molar-refractivity contribution in [3.63, 3.8) is 0 Å². The molecule has 0 saturated heterocycles. The Kier molecular flexibility index (Phi) is 3.78. The van der Waals surface area contributed by atoms with Gasteiger partial charge in [-0.2, -0.15) is 0 Å². The molecular formula is C11H17BrOS. The largest absolute Gasteiger partial charge is 0.388 e. The summed E-state index contributed by atoms with van der Waals surface area (Å²) in [6.07, 6.45) is 0.453. The van der Waals surface area contributed by atoms with Crippen LogP contribution in [0.1, 0.15) is 43.1 Å². The highest BCUT2D eigenvalue weighted by atomic mass is 79.9. The second kappa shape index (κ2) is 4.33. The second-order valence-corrected chi connectivity index (χ2v) is 6.99. The minimum Gasteiger partial charge on any atom is -0.388 e. The average molecular weight is 277 g/mol. The zero-order chi connectivity index (χ0) is 10.9. The standard InChI is InChI=1S/C11H17BrOS/c1-7-5-8(12)10(14-7)9(13)6-11(2,3)4/h5,9,13H,6H2,1-4H3. The number of aliphatic hydroxyl groups is 1. The quantitative estimate of drug-likeness (QED) is 0.855. The Balaban J connectivity index is 2.79. The molecule has 0 aliphatic carbocycles. The van der Waals surface area contributed by atoms with Crippen LogP contribution in [-0.2, 0) is 0 Å². The maximum Gasteiger partial charge on any atom is 0.0898 e.